The summed E-state index contributed by atoms with van der Waals surface area (Å²) in [5.74, 6) is 0.965. The maximum Gasteiger partial charge on any atom is 0.245 e. The van der Waals surface area contributed by atoms with E-state index in [9.17, 15) is 4.79 Å². The summed E-state index contributed by atoms with van der Waals surface area (Å²) in [7, 11) is 1.65. The van der Waals surface area contributed by atoms with Gasteiger partial charge in [-0.15, -0.1) is 11.8 Å². The molecule has 5 heteroatoms. The first kappa shape index (κ1) is 18.8. The first-order chi connectivity index (χ1) is 12.7. The molecule has 3 rings (SSSR count). The number of likely N-dealkylation sites (N-methyl/N-ethyl adjacent to an activating group) is 1. The van der Waals surface area contributed by atoms with Crippen LogP contribution in [0.4, 0.5) is 5.69 Å². The van der Waals surface area contributed by atoms with E-state index in [1.165, 1.54) is 0 Å². The number of benzene rings is 2. The van der Waals surface area contributed by atoms with Crippen molar-refractivity contribution >= 4 is 23.4 Å². The Balaban J connectivity index is 1.88. The van der Waals surface area contributed by atoms with Gasteiger partial charge in [-0.1, -0.05) is 38.1 Å². The summed E-state index contributed by atoms with van der Waals surface area (Å²) in [6.07, 6.45) is 0. The predicted octanol–water partition coefficient (Wildman–Crippen LogP) is 4.22. The molecule has 2 aromatic rings. The molecule has 2 aromatic carbocycles. The summed E-state index contributed by atoms with van der Waals surface area (Å²) in [6, 6.07) is 16.0. The lowest BCUT2D eigenvalue weighted by atomic mass is 10.1. The molecule has 4 nitrogen and oxygen atoms in total. The Kier molecular flexibility index (Phi) is 6.22. The lowest BCUT2D eigenvalue weighted by Crippen LogP contribution is -2.42. The number of amides is 1. The lowest BCUT2D eigenvalue weighted by Gasteiger charge is -2.35. The first-order valence-electron chi connectivity index (χ1n) is 9.11. The van der Waals surface area contributed by atoms with Crippen LogP contribution in [0.5, 0.6) is 5.75 Å². The molecule has 1 heterocycles. The second kappa shape index (κ2) is 8.60. The molecule has 0 saturated heterocycles. The average Bonchev–Trinajstić information content (AvgIpc) is 2.70. The number of methoxy groups -OCH3 is 1. The van der Waals surface area contributed by atoms with Crippen LogP contribution in [0.1, 0.15) is 24.7 Å². The number of fused-ring (bicyclic) bond motifs is 1. The van der Waals surface area contributed by atoms with Crippen molar-refractivity contribution in [3.8, 4) is 5.75 Å². The average molecular weight is 371 g/mol. The van der Waals surface area contributed by atoms with Crippen LogP contribution < -0.4 is 9.64 Å². The Morgan fingerprint density at radius 1 is 1.08 bits per heavy atom. The fourth-order valence-electron chi connectivity index (χ4n) is 3.22. The molecule has 0 saturated carbocycles. The van der Waals surface area contributed by atoms with Crippen molar-refractivity contribution in [3.63, 3.8) is 0 Å². The second-order valence-electron chi connectivity index (χ2n) is 6.26. The van der Waals surface area contributed by atoms with Crippen LogP contribution in [-0.2, 0) is 4.79 Å². The molecule has 0 radical (unpaired) electrons. The summed E-state index contributed by atoms with van der Waals surface area (Å²) in [4.78, 5) is 18.8. The van der Waals surface area contributed by atoms with Gasteiger partial charge in [0.15, 0.2) is 0 Å². The summed E-state index contributed by atoms with van der Waals surface area (Å²) >= 11 is 1.64. The van der Waals surface area contributed by atoms with E-state index in [4.69, 9.17) is 4.74 Å². The molecule has 1 unspecified atom stereocenters. The number of para-hydroxylation sites is 1. The van der Waals surface area contributed by atoms with Crippen LogP contribution in [0.25, 0.3) is 0 Å². The Bertz CT molecular complexity index is 744. The molecule has 1 aliphatic rings. The largest absolute Gasteiger partial charge is 0.497 e. The third-order valence-electron chi connectivity index (χ3n) is 4.84. The molecule has 0 aliphatic carbocycles. The van der Waals surface area contributed by atoms with Crippen molar-refractivity contribution in [3.05, 3.63) is 54.1 Å². The van der Waals surface area contributed by atoms with Crippen LogP contribution >= 0.6 is 11.8 Å². The highest BCUT2D eigenvalue weighted by Gasteiger charge is 2.34. The van der Waals surface area contributed by atoms with E-state index in [2.05, 4.69) is 24.8 Å². The van der Waals surface area contributed by atoms with E-state index >= 15 is 0 Å². The molecular formula is C21H26N2O2S. The van der Waals surface area contributed by atoms with E-state index in [1.54, 1.807) is 18.9 Å². The Hall–Kier alpha value is -1.98. The number of ether oxygens (including phenoxy) is 1. The molecule has 0 aromatic heterocycles. The number of hydrogen-bond acceptors (Lipinski definition) is 4. The van der Waals surface area contributed by atoms with E-state index in [0.717, 1.165) is 41.5 Å². The van der Waals surface area contributed by atoms with E-state index in [1.807, 2.05) is 47.4 Å². The third-order valence-corrected chi connectivity index (χ3v) is 6.15. The number of hydrogen-bond donors (Lipinski definition) is 0. The Morgan fingerprint density at radius 2 is 1.77 bits per heavy atom. The molecule has 1 aliphatic heterocycles. The maximum absolute atomic E-state index is 13.3. The monoisotopic (exact) mass is 370 g/mol. The van der Waals surface area contributed by atoms with Gasteiger partial charge in [0.1, 0.15) is 11.0 Å². The highest BCUT2D eigenvalue weighted by molar-refractivity contribution is 8.00. The third kappa shape index (κ3) is 3.89. The fraction of sp³-hybridized carbons (Fsp3) is 0.381. The van der Waals surface area contributed by atoms with Crippen LogP contribution in [0.2, 0.25) is 0 Å². The highest BCUT2D eigenvalue weighted by Crippen LogP contribution is 2.46. The zero-order valence-corrected chi connectivity index (χ0v) is 16.5. The maximum atomic E-state index is 13.3. The minimum Gasteiger partial charge on any atom is -0.497 e. The molecular weight excluding hydrogens is 344 g/mol. The minimum atomic E-state index is -0.215. The van der Waals surface area contributed by atoms with Gasteiger partial charge in [0.05, 0.1) is 12.8 Å². The lowest BCUT2D eigenvalue weighted by molar-refractivity contribution is -0.118. The number of thioether (sulfide) groups is 1. The number of anilines is 1. The molecule has 138 valence electrons. The first-order valence-corrected chi connectivity index (χ1v) is 9.99. The quantitative estimate of drug-likeness (QED) is 0.731. The van der Waals surface area contributed by atoms with Crippen molar-refractivity contribution in [1.29, 1.82) is 0 Å². The van der Waals surface area contributed by atoms with Crippen molar-refractivity contribution in [2.24, 2.45) is 0 Å². The van der Waals surface area contributed by atoms with Crippen LogP contribution in [0, 0.1) is 0 Å². The van der Waals surface area contributed by atoms with Gasteiger partial charge >= 0.3 is 0 Å². The SMILES string of the molecule is CCN(CC)CCN1C(=O)C(c2ccc(OC)cc2)Sc2ccccc21. The van der Waals surface area contributed by atoms with E-state index in [0.29, 0.717) is 6.54 Å². The standard InChI is InChI=1S/C21H26N2O2S/c1-4-22(5-2)14-15-23-18-8-6-7-9-19(18)26-20(21(23)24)16-10-12-17(25-3)13-11-16/h6-13,20H,4-5,14-15H2,1-3H3. The molecule has 26 heavy (non-hydrogen) atoms. The number of nitrogens with zero attached hydrogens (tertiary/aromatic N) is 2. The zero-order chi connectivity index (χ0) is 18.5. The van der Waals surface area contributed by atoms with Gasteiger partial charge in [-0.25, -0.2) is 0 Å². The number of rotatable bonds is 7. The minimum absolute atomic E-state index is 0.158. The van der Waals surface area contributed by atoms with Gasteiger partial charge < -0.3 is 14.5 Å². The van der Waals surface area contributed by atoms with Gasteiger partial charge in [0.25, 0.3) is 0 Å². The van der Waals surface area contributed by atoms with Gasteiger partial charge in [0, 0.05) is 18.0 Å². The summed E-state index contributed by atoms with van der Waals surface area (Å²) < 4.78 is 5.24. The summed E-state index contributed by atoms with van der Waals surface area (Å²) in [5, 5.41) is -0.215. The number of carbonyl (C=O) groups excluding carboxylic acids is 1. The second-order valence-corrected chi connectivity index (χ2v) is 7.40. The summed E-state index contributed by atoms with van der Waals surface area (Å²) in [6.45, 7) is 7.91. The predicted molar refractivity (Wildman–Crippen MR) is 108 cm³/mol. The van der Waals surface area contributed by atoms with Crippen molar-refractivity contribution < 1.29 is 9.53 Å². The molecule has 1 amide bonds. The van der Waals surface area contributed by atoms with Gasteiger partial charge in [0.2, 0.25) is 5.91 Å². The molecule has 0 fully saturated rings. The van der Waals surface area contributed by atoms with E-state index in [-0.39, 0.29) is 11.2 Å². The normalized spacial score (nSPS) is 16.7. The Morgan fingerprint density at radius 3 is 2.42 bits per heavy atom. The van der Waals surface area contributed by atoms with Gasteiger partial charge in [-0.2, -0.15) is 0 Å². The molecule has 0 spiro atoms. The zero-order valence-electron chi connectivity index (χ0n) is 15.6. The van der Waals surface area contributed by atoms with Crippen LogP contribution in [0.3, 0.4) is 0 Å². The van der Waals surface area contributed by atoms with Gasteiger partial charge in [-0.3, -0.25) is 4.79 Å². The fourth-order valence-corrected chi connectivity index (χ4v) is 4.45. The topological polar surface area (TPSA) is 32.8 Å². The molecule has 0 N–H and O–H groups in total. The molecule has 1 atom stereocenters. The smallest absolute Gasteiger partial charge is 0.245 e. The van der Waals surface area contributed by atoms with Crippen molar-refractivity contribution in [1.82, 2.24) is 4.90 Å². The van der Waals surface area contributed by atoms with Crippen molar-refractivity contribution in [2.75, 3.05) is 38.2 Å². The van der Waals surface area contributed by atoms with Crippen LogP contribution in [-0.4, -0.2) is 44.1 Å². The van der Waals surface area contributed by atoms with Crippen molar-refractivity contribution in [2.45, 2.75) is 24.0 Å². The number of carbonyl (C=O) groups is 1. The molecule has 0 bridgehead atoms. The Labute approximate surface area is 160 Å². The van der Waals surface area contributed by atoms with Crippen LogP contribution in [0.15, 0.2) is 53.4 Å². The van der Waals surface area contributed by atoms with Gasteiger partial charge in [-0.05, 0) is 42.9 Å². The van der Waals surface area contributed by atoms with E-state index < -0.39 is 0 Å². The highest BCUT2D eigenvalue weighted by atomic mass is 32.2. The summed E-state index contributed by atoms with van der Waals surface area (Å²) in [5.41, 5.74) is 2.04.